The van der Waals surface area contributed by atoms with Crippen LogP contribution in [-0.4, -0.2) is 15.4 Å². The summed E-state index contributed by atoms with van der Waals surface area (Å²) < 4.78 is 1.70. The summed E-state index contributed by atoms with van der Waals surface area (Å²) in [4.78, 5) is 16.5. The average molecular weight is 244 g/mol. The summed E-state index contributed by atoms with van der Waals surface area (Å²) in [5, 5.41) is 0.597. The van der Waals surface area contributed by atoms with Crippen LogP contribution in [-0.2, 0) is 6.42 Å². The van der Waals surface area contributed by atoms with E-state index in [0.717, 1.165) is 4.88 Å². The molecule has 80 valence electrons. The third-order valence-electron chi connectivity index (χ3n) is 1.94. The van der Waals surface area contributed by atoms with Crippen molar-refractivity contribution >= 4 is 27.9 Å². The predicted octanol–water partition coefficient (Wildman–Crippen LogP) is 1.30. The van der Waals surface area contributed by atoms with Gasteiger partial charge in [-0.05, 0) is 13.3 Å². The molecule has 2 rings (SSSR count). The minimum absolute atomic E-state index is 0.0443. The van der Waals surface area contributed by atoms with Gasteiger partial charge in [0.05, 0.1) is 0 Å². The SMILES string of the molecule is CC(N)Cc1sc2nc(=O)ccn2c1Cl. The Balaban J connectivity index is 2.58. The van der Waals surface area contributed by atoms with Gasteiger partial charge in [0.1, 0.15) is 5.15 Å². The highest BCUT2D eigenvalue weighted by atomic mass is 35.5. The van der Waals surface area contributed by atoms with E-state index in [0.29, 0.717) is 16.5 Å². The Morgan fingerprint density at radius 1 is 1.73 bits per heavy atom. The molecule has 0 spiro atoms. The van der Waals surface area contributed by atoms with Gasteiger partial charge in [-0.1, -0.05) is 22.9 Å². The summed E-state index contributed by atoms with van der Waals surface area (Å²) in [5.74, 6) is 0. The van der Waals surface area contributed by atoms with Crippen molar-refractivity contribution < 1.29 is 0 Å². The molecule has 2 N–H and O–H groups in total. The fraction of sp³-hybridized carbons (Fsp3) is 0.333. The molecule has 0 bridgehead atoms. The number of aromatic nitrogens is 2. The Morgan fingerprint density at radius 3 is 3.13 bits per heavy atom. The summed E-state index contributed by atoms with van der Waals surface area (Å²) in [7, 11) is 0. The van der Waals surface area contributed by atoms with Crippen molar-refractivity contribution in [1.29, 1.82) is 0 Å². The van der Waals surface area contributed by atoms with E-state index < -0.39 is 0 Å². The lowest BCUT2D eigenvalue weighted by molar-refractivity contribution is 0.744. The minimum Gasteiger partial charge on any atom is -0.328 e. The molecule has 2 aromatic heterocycles. The third-order valence-corrected chi connectivity index (χ3v) is 3.54. The van der Waals surface area contributed by atoms with Crippen LogP contribution < -0.4 is 11.3 Å². The highest BCUT2D eigenvalue weighted by Gasteiger charge is 2.11. The van der Waals surface area contributed by atoms with E-state index in [1.807, 2.05) is 6.92 Å². The van der Waals surface area contributed by atoms with Crippen molar-refractivity contribution in [2.24, 2.45) is 5.73 Å². The second kappa shape index (κ2) is 3.92. The van der Waals surface area contributed by atoms with Gasteiger partial charge in [0.2, 0.25) is 0 Å². The fourth-order valence-corrected chi connectivity index (χ4v) is 2.83. The van der Waals surface area contributed by atoms with Gasteiger partial charge >= 0.3 is 0 Å². The summed E-state index contributed by atoms with van der Waals surface area (Å²) in [6, 6.07) is 1.43. The maximum Gasteiger partial charge on any atom is 0.273 e. The normalized spacial score (nSPS) is 13.3. The number of rotatable bonds is 2. The first kappa shape index (κ1) is 10.6. The Hall–Kier alpha value is -0.910. The molecule has 0 saturated heterocycles. The summed E-state index contributed by atoms with van der Waals surface area (Å²) in [5.41, 5.74) is 5.45. The maximum atomic E-state index is 11.0. The first-order valence-electron chi connectivity index (χ1n) is 4.50. The van der Waals surface area contributed by atoms with Gasteiger partial charge in [0.25, 0.3) is 5.56 Å². The first-order chi connectivity index (χ1) is 7.08. The fourth-order valence-electron chi connectivity index (χ4n) is 1.31. The van der Waals surface area contributed by atoms with E-state index in [1.165, 1.54) is 17.4 Å². The number of nitrogens with two attached hydrogens (primary N) is 1. The van der Waals surface area contributed by atoms with Gasteiger partial charge in [0, 0.05) is 23.2 Å². The van der Waals surface area contributed by atoms with E-state index in [2.05, 4.69) is 4.98 Å². The smallest absolute Gasteiger partial charge is 0.273 e. The third kappa shape index (κ3) is 2.04. The number of hydrogen-bond acceptors (Lipinski definition) is 4. The number of hydrogen-bond donors (Lipinski definition) is 1. The number of fused-ring (bicyclic) bond motifs is 1. The van der Waals surface area contributed by atoms with Gasteiger partial charge in [0.15, 0.2) is 4.96 Å². The van der Waals surface area contributed by atoms with Gasteiger partial charge in [-0.25, -0.2) is 0 Å². The van der Waals surface area contributed by atoms with Crippen LogP contribution in [0.2, 0.25) is 5.15 Å². The second-order valence-corrected chi connectivity index (χ2v) is 4.84. The lowest BCUT2D eigenvalue weighted by Gasteiger charge is -2.01. The van der Waals surface area contributed by atoms with Crippen molar-refractivity contribution in [3.63, 3.8) is 0 Å². The molecule has 0 aliphatic rings. The predicted molar refractivity (Wildman–Crippen MR) is 61.7 cm³/mol. The topological polar surface area (TPSA) is 60.4 Å². The van der Waals surface area contributed by atoms with Gasteiger partial charge < -0.3 is 5.73 Å². The van der Waals surface area contributed by atoms with E-state index >= 15 is 0 Å². The second-order valence-electron chi connectivity index (χ2n) is 3.42. The monoisotopic (exact) mass is 243 g/mol. The summed E-state index contributed by atoms with van der Waals surface area (Å²) >= 11 is 7.54. The lowest BCUT2D eigenvalue weighted by atomic mass is 10.2. The standard InChI is InChI=1S/C9H10ClN3OS/c1-5(11)4-6-8(10)13-3-2-7(14)12-9(13)15-6/h2-3,5H,4,11H2,1H3. The number of halogens is 1. The zero-order valence-electron chi connectivity index (χ0n) is 8.11. The van der Waals surface area contributed by atoms with Crippen molar-refractivity contribution in [2.75, 3.05) is 0 Å². The molecule has 2 aromatic rings. The summed E-state index contributed by atoms with van der Waals surface area (Å²) in [6.07, 6.45) is 2.33. The molecule has 0 aliphatic carbocycles. The van der Waals surface area contributed by atoms with Crippen LogP contribution in [0.25, 0.3) is 4.96 Å². The van der Waals surface area contributed by atoms with Crippen LogP contribution in [0.4, 0.5) is 0 Å². The molecule has 0 fully saturated rings. The van der Waals surface area contributed by atoms with E-state index in [4.69, 9.17) is 17.3 Å². The van der Waals surface area contributed by atoms with Gasteiger partial charge in [-0.15, -0.1) is 0 Å². The maximum absolute atomic E-state index is 11.0. The molecule has 1 unspecified atom stereocenters. The Bertz CT molecular complexity index is 546. The van der Waals surface area contributed by atoms with E-state index in [9.17, 15) is 4.79 Å². The molecule has 6 heteroatoms. The van der Waals surface area contributed by atoms with Crippen molar-refractivity contribution in [1.82, 2.24) is 9.38 Å². The van der Waals surface area contributed by atoms with Crippen LogP contribution in [0.1, 0.15) is 11.8 Å². The Kier molecular flexibility index (Phi) is 2.77. The van der Waals surface area contributed by atoms with E-state index in [1.54, 1.807) is 10.6 Å². The molecule has 15 heavy (non-hydrogen) atoms. The molecule has 0 radical (unpaired) electrons. The highest BCUT2D eigenvalue weighted by molar-refractivity contribution is 7.17. The Morgan fingerprint density at radius 2 is 2.47 bits per heavy atom. The van der Waals surface area contributed by atoms with Gasteiger partial charge in [-0.3, -0.25) is 9.20 Å². The zero-order valence-corrected chi connectivity index (χ0v) is 9.68. The highest BCUT2D eigenvalue weighted by Crippen LogP contribution is 2.26. The molecular weight excluding hydrogens is 234 g/mol. The quantitative estimate of drug-likeness (QED) is 0.865. The molecule has 0 aromatic carbocycles. The van der Waals surface area contributed by atoms with Crippen LogP contribution in [0.5, 0.6) is 0 Å². The average Bonchev–Trinajstić information content (AvgIpc) is 2.42. The van der Waals surface area contributed by atoms with Crippen molar-refractivity contribution in [2.45, 2.75) is 19.4 Å². The lowest BCUT2D eigenvalue weighted by Crippen LogP contribution is -2.17. The van der Waals surface area contributed by atoms with Crippen molar-refractivity contribution in [3.8, 4) is 0 Å². The van der Waals surface area contributed by atoms with Crippen LogP contribution >= 0.6 is 22.9 Å². The van der Waals surface area contributed by atoms with Gasteiger partial charge in [-0.2, -0.15) is 4.98 Å². The molecule has 0 aliphatic heterocycles. The first-order valence-corrected chi connectivity index (χ1v) is 5.69. The van der Waals surface area contributed by atoms with Crippen molar-refractivity contribution in [3.05, 3.63) is 32.6 Å². The van der Waals surface area contributed by atoms with E-state index in [-0.39, 0.29) is 11.6 Å². The van der Waals surface area contributed by atoms with Crippen LogP contribution in [0, 0.1) is 0 Å². The Labute approximate surface area is 95.3 Å². The summed E-state index contributed by atoms with van der Waals surface area (Å²) in [6.45, 7) is 1.91. The molecule has 0 saturated carbocycles. The molecule has 0 amide bonds. The molecule has 4 nitrogen and oxygen atoms in total. The zero-order chi connectivity index (χ0) is 11.0. The molecule has 2 heterocycles. The minimum atomic E-state index is -0.250. The number of nitrogens with zero attached hydrogens (tertiary/aromatic N) is 2. The molecular formula is C9H10ClN3OS. The molecule has 1 atom stereocenters. The van der Waals surface area contributed by atoms with Crippen LogP contribution in [0.3, 0.4) is 0 Å². The largest absolute Gasteiger partial charge is 0.328 e. The van der Waals surface area contributed by atoms with Crippen LogP contribution in [0.15, 0.2) is 17.1 Å². The number of thiazole rings is 1.